The quantitative estimate of drug-likeness (QED) is 0.692. The number of carbonyl (C=O) groups is 1. The Labute approximate surface area is 155 Å². The molecule has 2 rings (SSSR count). The van der Waals surface area contributed by atoms with Crippen molar-refractivity contribution in [3.8, 4) is 0 Å². The van der Waals surface area contributed by atoms with E-state index in [1.807, 2.05) is 0 Å². The van der Waals surface area contributed by atoms with E-state index < -0.39 is 17.0 Å². The van der Waals surface area contributed by atoms with E-state index in [0.29, 0.717) is 11.3 Å². The molecule has 0 radical (unpaired) electrons. The first kappa shape index (κ1) is 19.8. The van der Waals surface area contributed by atoms with E-state index in [1.165, 1.54) is 57.3 Å². The molecule has 1 N–H and O–H groups in total. The van der Waals surface area contributed by atoms with Gasteiger partial charge in [0.25, 0.3) is 17.0 Å². The van der Waals surface area contributed by atoms with E-state index in [2.05, 4.69) is 13.2 Å². The highest BCUT2D eigenvalue weighted by atomic mass is 16.3. The molecule has 0 unspecified atom stereocenters. The van der Waals surface area contributed by atoms with Crippen molar-refractivity contribution in [1.82, 2.24) is 18.9 Å². The number of aromatic nitrogens is 2. The normalized spacial score (nSPS) is 15.6. The molecule has 1 amide bonds. The first-order valence-electron chi connectivity index (χ1n) is 8.03. The Hall–Kier alpha value is -3.55. The summed E-state index contributed by atoms with van der Waals surface area (Å²) in [6, 6.07) is 0. The van der Waals surface area contributed by atoms with Crippen LogP contribution in [0.2, 0.25) is 0 Å². The first-order chi connectivity index (χ1) is 12.6. The third-order valence-electron chi connectivity index (χ3n) is 4.46. The lowest BCUT2D eigenvalue weighted by atomic mass is 10.1. The van der Waals surface area contributed by atoms with Crippen LogP contribution in [0.1, 0.15) is 0 Å². The molecular weight excluding hydrogens is 348 g/mol. The third kappa shape index (κ3) is 3.41. The predicted octanol–water partition coefficient (Wildman–Crippen LogP) is -0.968. The van der Waals surface area contributed by atoms with Gasteiger partial charge in [0.2, 0.25) is 5.88 Å². The minimum absolute atomic E-state index is 0.00335. The molecule has 1 aliphatic heterocycles. The van der Waals surface area contributed by atoms with Crippen LogP contribution in [0.4, 0.5) is 0 Å². The minimum Gasteiger partial charge on any atom is -0.494 e. The summed E-state index contributed by atoms with van der Waals surface area (Å²) >= 11 is 0. The SMILES string of the molecule is C=C1N(C)C(=O)C(C=CC=CC=c2c(=O)n(C)c(=C)n(C)c2=O)=C(O)N1C. The molecule has 8 heteroatoms. The van der Waals surface area contributed by atoms with Crippen LogP contribution in [-0.4, -0.2) is 44.0 Å². The standard InChI is InChI=1S/C19H22N4O4/c1-12-20(3)16(24)14(17(25)21(12)4)10-8-7-9-11-15-18(26)22(5)13(2)23(6)19(15)27/h7-11,24H,1-2H2,3-6H3. The molecule has 0 aromatic carbocycles. The second kappa shape index (κ2) is 7.36. The van der Waals surface area contributed by atoms with Gasteiger partial charge in [-0.3, -0.25) is 28.4 Å². The molecular formula is C19H22N4O4. The number of carbonyl (C=O) groups excluding carboxylic acids is 1. The van der Waals surface area contributed by atoms with E-state index in [4.69, 9.17) is 0 Å². The Morgan fingerprint density at radius 3 is 1.96 bits per heavy atom. The fraction of sp³-hybridized carbons (Fsp3) is 0.211. The predicted molar refractivity (Wildman–Crippen MR) is 104 cm³/mol. The average molecular weight is 370 g/mol. The Morgan fingerprint density at radius 1 is 0.852 bits per heavy atom. The fourth-order valence-corrected chi connectivity index (χ4v) is 2.49. The largest absolute Gasteiger partial charge is 0.494 e. The summed E-state index contributed by atoms with van der Waals surface area (Å²) in [6.45, 7) is 7.40. The van der Waals surface area contributed by atoms with Crippen LogP contribution >= 0.6 is 0 Å². The van der Waals surface area contributed by atoms with Gasteiger partial charge in [-0.2, -0.15) is 0 Å². The Morgan fingerprint density at radius 2 is 1.41 bits per heavy atom. The van der Waals surface area contributed by atoms with Crippen molar-refractivity contribution in [3.05, 3.63) is 79.6 Å². The zero-order chi connectivity index (χ0) is 20.5. The zero-order valence-electron chi connectivity index (χ0n) is 15.8. The van der Waals surface area contributed by atoms with Crippen LogP contribution in [-0.2, 0) is 18.9 Å². The van der Waals surface area contributed by atoms with Crippen molar-refractivity contribution < 1.29 is 9.90 Å². The van der Waals surface area contributed by atoms with Crippen molar-refractivity contribution in [2.75, 3.05) is 14.1 Å². The number of amides is 1. The highest BCUT2D eigenvalue weighted by Crippen LogP contribution is 2.23. The van der Waals surface area contributed by atoms with Gasteiger partial charge < -0.3 is 10.0 Å². The number of hydrogen-bond acceptors (Lipinski definition) is 5. The van der Waals surface area contributed by atoms with Crippen LogP contribution in [0.3, 0.4) is 0 Å². The molecule has 142 valence electrons. The van der Waals surface area contributed by atoms with Gasteiger partial charge in [-0.15, -0.1) is 0 Å². The number of likely N-dealkylation sites (N-methyl/N-ethyl adjacent to an activating group) is 1. The molecule has 8 nitrogen and oxygen atoms in total. The fourth-order valence-electron chi connectivity index (χ4n) is 2.49. The summed E-state index contributed by atoms with van der Waals surface area (Å²) < 4.78 is 2.58. The number of nitrogens with zero attached hydrogens (tertiary/aromatic N) is 4. The van der Waals surface area contributed by atoms with Gasteiger partial charge in [0, 0.05) is 28.2 Å². The highest BCUT2D eigenvalue weighted by molar-refractivity contribution is 5.98. The molecule has 0 atom stereocenters. The molecule has 0 aliphatic carbocycles. The molecule has 2 heterocycles. The molecule has 27 heavy (non-hydrogen) atoms. The lowest BCUT2D eigenvalue weighted by molar-refractivity contribution is -0.126. The Balaban J connectivity index is 2.37. The smallest absolute Gasteiger partial charge is 0.264 e. The van der Waals surface area contributed by atoms with Crippen LogP contribution in [0.25, 0.3) is 12.7 Å². The van der Waals surface area contributed by atoms with E-state index >= 15 is 0 Å². The second-order valence-corrected chi connectivity index (χ2v) is 6.05. The molecule has 1 aromatic rings. The first-order valence-corrected chi connectivity index (χ1v) is 8.03. The molecule has 1 aliphatic rings. The second-order valence-electron chi connectivity index (χ2n) is 6.05. The third-order valence-corrected chi connectivity index (χ3v) is 4.46. The molecule has 0 fully saturated rings. The number of allylic oxidation sites excluding steroid dienone is 3. The summed E-state index contributed by atoms with van der Waals surface area (Å²) in [5.41, 5.74) is -0.480. The monoisotopic (exact) mass is 370 g/mol. The number of aliphatic hydroxyl groups excluding tert-OH is 1. The van der Waals surface area contributed by atoms with E-state index in [9.17, 15) is 19.5 Å². The van der Waals surface area contributed by atoms with Crippen LogP contribution in [0, 0.1) is 0 Å². The minimum atomic E-state index is -0.443. The van der Waals surface area contributed by atoms with Crippen molar-refractivity contribution in [1.29, 1.82) is 0 Å². The Kier molecular flexibility index (Phi) is 5.39. The van der Waals surface area contributed by atoms with Crippen LogP contribution in [0.5, 0.6) is 0 Å². The van der Waals surface area contributed by atoms with Gasteiger partial charge in [0.05, 0.1) is 0 Å². The molecule has 0 spiro atoms. The lowest BCUT2D eigenvalue weighted by Gasteiger charge is -2.33. The van der Waals surface area contributed by atoms with Gasteiger partial charge in [-0.1, -0.05) is 31.4 Å². The van der Waals surface area contributed by atoms with Crippen LogP contribution in [0.15, 0.2) is 57.7 Å². The lowest BCUT2D eigenvalue weighted by Crippen LogP contribution is -2.56. The van der Waals surface area contributed by atoms with Crippen molar-refractivity contribution in [2.24, 2.45) is 14.1 Å². The molecule has 0 bridgehead atoms. The maximum atomic E-state index is 12.2. The van der Waals surface area contributed by atoms with Gasteiger partial charge in [-0.25, -0.2) is 0 Å². The van der Waals surface area contributed by atoms with Gasteiger partial charge in [-0.05, 0) is 12.2 Å². The highest BCUT2D eigenvalue weighted by Gasteiger charge is 2.29. The van der Waals surface area contributed by atoms with E-state index in [-0.39, 0.29) is 16.7 Å². The summed E-state index contributed by atoms with van der Waals surface area (Å²) in [5.74, 6) is -0.234. The summed E-state index contributed by atoms with van der Waals surface area (Å²) in [6.07, 6.45) is 7.42. The topological polar surface area (TPSA) is 87.8 Å². The van der Waals surface area contributed by atoms with Crippen molar-refractivity contribution >= 4 is 18.6 Å². The molecule has 0 saturated heterocycles. The van der Waals surface area contributed by atoms with E-state index in [0.717, 1.165) is 0 Å². The van der Waals surface area contributed by atoms with Gasteiger partial charge in [0.1, 0.15) is 22.1 Å². The summed E-state index contributed by atoms with van der Waals surface area (Å²) in [4.78, 5) is 39.3. The van der Waals surface area contributed by atoms with Crippen molar-refractivity contribution in [3.63, 3.8) is 0 Å². The van der Waals surface area contributed by atoms with E-state index in [1.54, 1.807) is 20.2 Å². The summed E-state index contributed by atoms with van der Waals surface area (Å²) in [5, 5.41) is 10.1. The Bertz CT molecular complexity index is 1090. The van der Waals surface area contributed by atoms with Gasteiger partial charge in [0.15, 0.2) is 0 Å². The summed E-state index contributed by atoms with van der Waals surface area (Å²) in [7, 11) is 6.23. The van der Waals surface area contributed by atoms with Gasteiger partial charge >= 0.3 is 0 Å². The average Bonchev–Trinajstić information content (AvgIpc) is 2.66. The molecule has 0 saturated carbocycles. The number of aliphatic hydroxyl groups is 1. The number of rotatable bonds is 3. The maximum absolute atomic E-state index is 12.2. The zero-order valence-corrected chi connectivity index (χ0v) is 15.8. The van der Waals surface area contributed by atoms with Crippen molar-refractivity contribution in [2.45, 2.75) is 0 Å². The van der Waals surface area contributed by atoms with Crippen LogP contribution < -0.4 is 21.8 Å². The number of hydrogen-bond donors (Lipinski definition) is 1. The maximum Gasteiger partial charge on any atom is 0.264 e. The molecule has 1 aromatic heterocycles.